The van der Waals surface area contributed by atoms with Gasteiger partial charge in [-0.25, -0.2) is 8.78 Å². The van der Waals surface area contributed by atoms with Crippen molar-refractivity contribution in [2.75, 3.05) is 26.2 Å². The molecule has 0 aromatic heterocycles. The predicted molar refractivity (Wildman–Crippen MR) is 100 cm³/mol. The second kappa shape index (κ2) is 8.37. The Balaban J connectivity index is 1.56. The van der Waals surface area contributed by atoms with Gasteiger partial charge in [0, 0.05) is 31.7 Å². The molecule has 2 aromatic rings. The number of halogens is 2. The lowest BCUT2D eigenvalue weighted by atomic mass is 10.1. The molecular weight excluding hydrogens is 366 g/mol. The quantitative estimate of drug-likeness (QED) is 0.809. The fourth-order valence-corrected chi connectivity index (χ4v) is 3.14. The first kappa shape index (κ1) is 19.8. The van der Waals surface area contributed by atoms with Crippen molar-refractivity contribution >= 4 is 11.8 Å². The molecule has 0 radical (unpaired) electrons. The molecule has 1 heterocycles. The van der Waals surface area contributed by atoms with E-state index in [4.69, 9.17) is 4.74 Å². The van der Waals surface area contributed by atoms with Crippen molar-refractivity contribution in [3.8, 4) is 5.75 Å². The third-order valence-corrected chi connectivity index (χ3v) is 4.70. The molecule has 28 heavy (non-hydrogen) atoms. The smallest absolute Gasteiger partial charge is 0.263 e. The molecule has 0 aliphatic carbocycles. The van der Waals surface area contributed by atoms with Gasteiger partial charge in [-0.1, -0.05) is 12.1 Å². The molecule has 5 nitrogen and oxygen atoms in total. The van der Waals surface area contributed by atoms with Gasteiger partial charge in [0.2, 0.25) is 0 Å². The summed E-state index contributed by atoms with van der Waals surface area (Å²) in [6.45, 7) is 5.00. The van der Waals surface area contributed by atoms with Crippen LogP contribution in [0.25, 0.3) is 0 Å². The van der Waals surface area contributed by atoms with Crippen molar-refractivity contribution in [2.24, 2.45) is 0 Å². The fourth-order valence-electron chi connectivity index (χ4n) is 3.14. The summed E-state index contributed by atoms with van der Waals surface area (Å²) in [7, 11) is 0. The Hall–Kier alpha value is -2.96. The molecule has 1 atom stereocenters. The number of rotatable bonds is 4. The van der Waals surface area contributed by atoms with Crippen LogP contribution in [0.5, 0.6) is 5.75 Å². The normalized spacial score (nSPS) is 15.3. The standard InChI is InChI=1S/C21H22F2N2O3/c1-14-4-3-5-17(12-14)28-15(2)20(26)24-8-10-25(11-9-24)21(27)16-6-7-18(22)19(23)13-16/h3-7,12-13,15H,8-11H2,1-2H3. The van der Waals surface area contributed by atoms with E-state index in [1.807, 2.05) is 25.1 Å². The highest BCUT2D eigenvalue weighted by molar-refractivity contribution is 5.94. The van der Waals surface area contributed by atoms with Crippen molar-refractivity contribution in [2.45, 2.75) is 20.0 Å². The molecule has 1 unspecified atom stereocenters. The van der Waals surface area contributed by atoms with E-state index < -0.39 is 17.7 Å². The Morgan fingerprint density at radius 1 is 0.964 bits per heavy atom. The minimum absolute atomic E-state index is 0.0924. The van der Waals surface area contributed by atoms with Gasteiger partial charge in [-0.15, -0.1) is 0 Å². The molecule has 1 saturated heterocycles. The largest absolute Gasteiger partial charge is 0.481 e. The topological polar surface area (TPSA) is 49.9 Å². The van der Waals surface area contributed by atoms with Crippen LogP contribution in [0, 0.1) is 18.6 Å². The van der Waals surface area contributed by atoms with Gasteiger partial charge < -0.3 is 14.5 Å². The molecule has 1 aliphatic heterocycles. The number of benzene rings is 2. The summed E-state index contributed by atoms with van der Waals surface area (Å²) in [5, 5.41) is 0. The number of hydrogen-bond acceptors (Lipinski definition) is 3. The highest BCUT2D eigenvalue weighted by Crippen LogP contribution is 2.17. The minimum Gasteiger partial charge on any atom is -0.481 e. The summed E-state index contributed by atoms with van der Waals surface area (Å²) in [4.78, 5) is 28.3. The fraction of sp³-hybridized carbons (Fsp3) is 0.333. The molecule has 1 aliphatic rings. The Bertz CT molecular complexity index is 880. The van der Waals surface area contributed by atoms with Gasteiger partial charge in [0.1, 0.15) is 5.75 Å². The van der Waals surface area contributed by atoms with Crippen molar-refractivity contribution in [1.82, 2.24) is 9.80 Å². The van der Waals surface area contributed by atoms with Crippen LogP contribution in [0.3, 0.4) is 0 Å². The molecule has 0 bridgehead atoms. The van der Waals surface area contributed by atoms with E-state index in [0.29, 0.717) is 31.9 Å². The number of ether oxygens (including phenoxy) is 1. The van der Waals surface area contributed by atoms with E-state index in [-0.39, 0.29) is 17.4 Å². The molecule has 0 spiro atoms. The van der Waals surface area contributed by atoms with Crippen molar-refractivity contribution in [3.05, 3.63) is 65.2 Å². The van der Waals surface area contributed by atoms with Gasteiger partial charge in [-0.2, -0.15) is 0 Å². The van der Waals surface area contributed by atoms with Gasteiger partial charge in [-0.3, -0.25) is 9.59 Å². The molecule has 2 aromatic carbocycles. The Kier molecular flexibility index (Phi) is 5.92. The molecule has 2 amide bonds. The van der Waals surface area contributed by atoms with Crippen LogP contribution >= 0.6 is 0 Å². The zero-order chi connectivity index (χ0) is 20.3. The van der Waals surface area contributed by atoms with Crippen LogP contribution < -0.4 is 4.74 Å². The second-order valence-corrected chi connectivity index (χ2v) is 6.82. The number of nitrogens with zero attached hydrogens (tertiary/aromatic N) is 2. The molecule has 0 N–H and O–H groups in total. The van der Waals surface area contributed by atoms with Gasteiger partial charge in [-0.05, 0) is 49.7 Å². The predicted octanol–water partition coefficient (Wildman–Crippen LogP) is 3.03. The first-order valence-electron chi connectivity index (χ1n) is 9.11. The third-order valence-electron chi connectivity index (χ3n) is 4.70. The lowest BCUT2D eigenvalue weighted by Gasteiger charge is -2.36. The van der Waals surface area contributed by atoms with Crippen molar-refractivity contribution in [1.29, 1.82) is 0 Å². The summed E-state index contributed by atoms with van der Waals surface area (Å²) < 4.78 is 32.1. The lowest BCUT2D eigenvalue weighted by molar-refractivity contribution is -0.139. The maximum Gasteiger partial charge on any atom is 0.263 e. The second-order valence-electron chi connectivity index (χ2n) is 6.82. The maximum absolute atomic E-state index is 13.4. The van der Waals surface area contributed by atoms with Gasteiger partial charge in [0.25, 0.3) is 11.8 Å². The molecular formula is C21H22F2N2O3. The molecule has 7 heteroatoms. The number of carbonyl (C=O) groups excluding carboxylic acids is 2. The summed E-state index contributed by atoms with van der Waals surface area (Å²) >= 11 is 0. The van der Waals surface area contributed by atoms with Crippen LogP contribution in [0.15, 0.2) is 42.5 Å². The van der Waals surface area contributed by atoms with E-state index >= 15 is 0 Å². The molecule has 1 fully saturated rings. The van der Waals surface area contributed by atoms with Crippen molar-refractivity contribution < 1.29 is 23.1 Å². The third kappa shape index (κ3) is 4.47. The number of carbonyl (C=O) groups is 2. The van der Waals surface area contributed by atoms with Gasteiger partial charge >= 0.3 is 0 Å². The van der Waals surface area contributed by atoms with Crippen molar-refractivity contribution in [3.63, 3.8) is 0 Å². The zero-order valence-corrected chi connectivity index (χ0v) is 15.8. The maximum atomic E-state index is 13.4. The van der Waals surface area contributed by atoms with Crippen LogP contribution in [-0.4, -0.2) is 53.9 Å². The molecule has 148 valence electrons. The monoisotopic (exact) mass is 388 g/mol. The van der Waals surface area contributed by atoms with E-state index in [2.05, 4.69) is 0 Å². The highest BCUT2D eigenvalue weighted by Gasteiger charge is 2.28. The van der Waals surface area contributed by atoms with Crippen LogP contribution in [-0.2, 0) is 4.79 Å². The minimum atomic E-state index is -1.05. The summed E-state index contributed by atoms with van der Waals surface area (Å²) in [6.07, 6.45) is -0.643. The summed E-state index contributed by atoms with van der Waals surface area (Å²) in [5.74, 6) is -1.94. The van der Waals surface area contributed by atoms with Crippen LogP contribution in [0.4, 0.5) is 8.78 Å². The summed E-state index contributed by atoms with van der Waals surface area (Å²) in [6, 6.07) is 10.6. The number of hydrogen-bond donors (Lipinski definition) is 0. The average Bonchev–Trinajstić information content (AvgIpc) is 2.69. The molecule has 0 saturated carbocycles. The Morgan fingerprint density at radius 2 is 1.64 bits per heavy atom. The number of amides is 2. The summed E-state index contributed by atoms with van der Waals surface area (Å²) in [5.41, 5.74) is 1.14. The Labute approximate surface area is 162 Å². The highest BCUT2D eigenvalue weighted by atomic mass is 19.2. The van der Waals surface area contributed by atoms with E-state index in [0.717, 1.165) is 17.7 Å². The van der Waals surface area contributed by atoms with E-state index in [1.165, 1.54) is 11.0 Å². The van der Waals surface area contributed by atoms with E-state index in [9.17, 15) is 18.4 Å². The van der Waals surface area contributed by atoms with Gasteiger partial charge in [0.15, 0.2) is 17.7 Å². The first-order chi connectivity index (χ1) is 13.3. The van der Waals surface area contributed by atoms with Gasteiger partial charge in [0.05, 0.1) is 0 Å². The SMILES string of the molecule is Cc1cccc(OC(C)C(=O)N2CCN(C(=O)c3ccc(F)c(F)c3)CC2)c1. The molecule has 3 rings (SSSR count). The lowest BCUT2D eigenvalue weighted by Crippen LogP contribution is -2.53. The number of piperazine rings is 1. The average molecular weight is 388 g/mol. The van der Waals surface area contributed by atoms with Crippen LogP contribution in [0.2, 0.25) is 0 Å². The van der Waals surface area contributed by atoms with Crippen LogP contribution in [0.1, 0.15) is 22.8 Å². The number of aryl methyl sites for hydroxylation is 1. The zero-order valence-electron chi connectivity index (χ0n) is 15.8. The first-order valence-corrected chi connectivity index (χ1v) is 9.11. The van der Waals surface area contributed by atoms with E-state index in [1.54, 1.807) is 17.9 Å². The Morgan fingerprint density at radius 3 is 2.29 bits per heavy atom.